The summed E-state index contributed by atoms with van der Waals surface area (Å²) in [6, 6.07) is 2.07. The lowest BCUT2D eigenvalue weighted by atomic mass is 10.2. The molecule has 1 saturated carbocycles. The van der Waals surface area contributed by atoms with E-state index in [1.54, 1.807) is 6.26 Å². The number of carbonyl (C=O) groups excluding carboxylic acids is 1. The Kier molecular flexibility index (Phi) is 4.93. The lowest BCUT2D eigenvalue weighted by Gasteiger charge is -2.23. The summed E-state index contributed by atoms with van der Waals surface area (Å²) in [5.41, 5.74) is 0.683. The summed E-state index contributed by atoms with van der Waals surface area (Å²) in [6.45, 7) is 9.05. The number of alkyl carbamates (subject to hydrolysis) is 1. The van der Waals surface area contributed by atoms with Gasteiger partial charge in [0.05, 0.1) is 12.8 Å². The number of ether oxygens (including phenoxy) is 1. The second kappa shape index (κ2) is 6.52. The number of furan rings is 1. The fourth-order valence-electron chi connectivity index (χ4n) is 2.22. The highest BCUT2D eigenvalue weighted by Gasteiger charge is 2.33. The Balaban J connectivity index is 1.77. The molecule has 0 bridgehead atoms. The standard InChI is InChI=1S/C16H26N2O3/c1-11-7-8-20-14(11)10-17-9-13(12-5-6-12)18-15(19)21-16(2,3)4/h7-8,12-13,17H,5-6,9-10H2,1-4H3,(H,18,19). The van der Waals surface area contributed by atoms with E-state index in [2.05, 4.69) is 10.6 Å². The van der Waals surface area contributed by atoms with Crippen LogP contribution in [0.15, 0.2) is 16.7 Å². The molecule has 1 aromatic heterocycles. The van der Waals surface area contributed by atoms with Gasteiger partial charge in [-0.15, -0.1) is 0 Å². The second-order valence-electron chi connectivity index (χ2n) is 6.75. The monoisotopic (exact) mass is 294 g/mol. The number of amides is 1. The van der Waals surface area contributed by atoms with E-state index in [1.165, 1.54) is 12.8 Å². The number of carbonyl (C=O) groups is 1. The van der Waals surface area contributed by atoms with Gasteiger partial charge in [-0.25, -0.2) is 4.79 Å². The van der Waals surface area contributed by atoms with Crippen LogP contribution in [0, 0.1) is 12.8 Å². The SMILES string of the molecule is Cc1ccoc1CNCC(NC(=O)OC(C)(C)C)C1CC1. The van der Waals surface area contributed by atoms with Crippen LogP contribution < -0.4 is 10.6 Å². The highest BCUT2D eigenvalue weighted by Crippen LogP contribution is 2.32. The zero-order valence-corrected chi connectivity index (χ0v) is 13.4. The van der Waals surface area contributed by atoms with E-state index < -0.39 is 5.60 Å². The van der Waals surface area contributed by atoms with Crippen molar-refractivity contribution in [3.05, 3.63) is 23.7 Å². The number of aryl methyl sites for hydroxylation is 1. The molecule has 0 aliphatic heterocycles. The number of hydrogen-bond donors (Lipinski definition) is 2. The van der Waals surface area contributed by atoms with Crippen molar-refractivity contribution in [3.63, 3.8) is 0 Å². The molecule has 1 atom stereocenters. The van der Waals surface area contributed by atoms with Gasteiger partial charge in [-0.2, -0.15) is 0 Å². The van der Waals surface area contributed by atoms with Crippen molar-refractivity contribution < 1.29 is 13.9 Å². The lowest BCUT2D eigenvalue weighted by molar-refractivity contribution is 0.0497. The molecule has 118 valence electrons. The first-order chi connectivity index (χ1) is 9.85. The van der Waals surface area contributed by atoms with E-state index in [0.717, 1.165) is 17.9 Å². The summed E-state index contributed by atoms with van der Waals surface area (Å²) in [6.07, 6.45) is 3.70. The second-order valence-corrected chi connectivity index (χ2v) is 6.75. The molecule has 1 amide bonds. The molecule has 0 saturated heterocycles. The zero-order valence-electron chi connectivity index (χ0n) is 13.4. The molecule has 1 unspecified atom stereocenters. The number of nitrogens with one attached hydrogen (secondary N) is 2. The molecule has 21 heavy (non-hydrogen) atoms. The molecule has 2 N–H and O–H groups in total. The molecular weight excluding hydrogens is 268 g/mol. The first kappa shape index (κ1) is 15.9. The summed E-state index contributed by atoms with van der Waals surface area (Å²) in [4.78, 5) is 11.9. The predicted molar refractivity (Wildman–Crippen MR) is 81.0 cm³/mol. The largest absolute Gasteiger partial charge is 0.468 e. The minimum Gasteiger partial charge on any atom is -0.468 e. The summed E-state index contributed by atoms with van der Waals surface area (Å²) in [5.74, 6) is 1.50. The van der Waals surface area contributed by atoms with E-state index in [-0.39, 0.29) is 12.1 Å². The van der Waals surface area contributed by atoms with Crippen LogP contribution in [-0.4, -0.2) is 24.3 Å². The van der Waals surface area contributed by atoms with Crippen LogP contribution >= 0.6 is 0 Å². The molecule has 2 rings (SSSR count). The van der Waals surface area contributed by atoms with Crippen LogP contribution in [0.25, 0.3) is 0 Å². The Bertz CT molecular complexity index is 472. The van der Waals surface area contributed by atoms with Gasteiger partial charge in [0.25, 0.3) is 0 Å². The van der Waals surface area contributed by atoms with Crippen LogP contribution in [0.4, 0.5) is 4.79 Å². The van der Waals surface area contributed by atoms with Gasteiger partial charge in [-0.1, -0.05) is 0 Å². The maximum Gasteiger partial charge on any atom is 0.407 e. The van der Waals surface area contributed by atoms with Crippen molar-refractivity contribution in [1.29, 1.82) is 0 Å². The van der Waals surface area contributed by atoms with Gasteiger partial charge in [-0.05, 0) is 58.1 Å². The maximum absolute atomic E-state index is 11.9. The van der Waals surface area contributed by atoms with Crippen LogP contribution in [0.1, 0.15) is 44.9 Å². The van der Waals surface area contributed by atoms with Crippen LogP contribution in [0.5, 0.6) is 0 Å². The van der Waals surface area contributed by atoms with Crippen molar-refractivity contribution >= 4 is 6.09 Å². The fourth-order valence-corrected chi connectivity index (χ4v) is 2.22. The molecule has 1 heterocycles. The average Bonchev–Trinajstić information content (AvgIpc) is 3.11. The highest BCUT2D eigenvalue weighted by atomic mass is 16.6. The Morgan fingerprint density at radius 1 is 1.48 bits per heavy atom. The van der Waals surface area contributed by atoms with Crippen molar-refractivity contribution in [2.45, 2.75) is 58.7 Å². The van der Waals surface area contributed by atoms with Gasteiger partial charge in [0.2, 0.25) is 0 Å². The molecule has 1 aliphatic carbocycles. The van der Waals surface area contributed by atoms with Gasteiger partial charge in [0, 0.05) is 12.6 Å². The van der Waals surface area contributed by atoms with E-state index in [9.17, 15) is 4.79 Å². The van der Waals surface area contributed by atoms with Gasteiger partial charge in [0.1, 0.15) is 11.4 Å². The average molecular weight is 294 g/mol. The fraction of sp³-hybridized carbons (Fsp3) is 0.688. The highest BCUT2D eigenvalue weighted by molar-refractivity contribution is 5.68. The van der Waals surface area contributed by atoms with Gasteiger partial charge >= 0.3 is 6.09 Å². The molecule has 1 aliphatic rings. The molecule has 1 fully saturated rings. The van der Waals surface area contributed by atoms with Crippen molar-refractivity contribution in [2.75, 3.05) is 6.54 Å². The Labute approximate surface area is 126 Å². The normalized spacial score (nSPS) is 16.6. The first-order valence-corrected chi connectivity index (χ1v) is 7.58. The van der Waals surface area contributed by atoms with Crippen LogP contribution in [0.2, 0.25) is 0 Å². The number of rotatable bonds is 6. The van der Waals surface area contributed by atoms with Crippen LogP contribution in [0.3, 0.4) is 0 Å². The van der Waals surface area contributed by atoms with E-state index >= 15 is 0 Å². The third-order valence-electron chi connectivity index (χ3n) is 3.51. The topological polar surface area (TPSA) is 63.5 Å². The third-order valence-corrected chi connectivity index (χ3v) is 3.51. The molecule has 1 aromatic rings. The summed E-state index contributed by atoms with van der Waals surface area (Å²) in [5, 5.41) is 6.33. The quantitative estimate of drug-likeness (QED) is 0.846. The minimum absolute atomic E-state index is 0.120. The molecule has 5 heteroatoms. The Hall–Kier alpha value is -1.49. The lowest BCUT2D eigenvalue weighted by Crippen LogP contribution is -2.45. The summed E-state index contributed by atoms with van der Waals surface area (Å²) < 4.78 is 10.7. The minimum atomic E-state index is -0.461. The van der Waals surface area contributed by atoms with Crippen molar-refractivity contribution in [3.8, 4) is 0 Å². The molecule has 0 radical (unpaired) electrons. The van der Waals surface area contributed by atoms with Gasteiger partial charge < -0.3 is 19.8 Å². The molecule has 5 nitrogen and oxygen atoms in total. The molecule has 0 spiro atoms. The van der Waals surface area contributed by atoms with Gasteiger partial charge in [-0.3, -0.25) is 0 Å². The zero-order chi connectivity index (χ0) is 15.5. The molecule has 0 aromatic carbocycles. The van der Waals surface area contributed by atoms with Crippen LogP contribution in [-0.2, 0) is 11.3 Å². The summed E-state index contributed by atoms with van der Waals surface area (Å²) >= 11 is 0. The Morgan fingerprint density at radius 2 is 2.19 bits per heavy atom. The Morgan fingerprint density at radius 3 is 2.71 bits per heavy atom. The smallest absolute Gasteiger partial charge is 0.407 e. The van der Waals surface area contributed by atoms with E-state index in [4.69, 9.17) is 9.15 Å². The van der Waals surface area contributed by atoms with Gasteiger partial charge in [0.15, 0.2) is 0 Å². The van der Waals surface area contributed by atoms with Crippen molar-refractivity contribution in [1.82, 2.24) is 10.6 Å². The maximum atomic E-state index is 11.9. The third kappa shape index (κ3) is 5.42. The molecular formula is C16H26N2O3. The first-order valence-electron chi connectivity index (χ1n) is 7.58. The van der Waals surface area contributed by atoms with E-state index in [0.29, 0.717) is 12.5 Å². The van der Waals surface area contributed by atoms with E-state index in [1.807, 2.05) is 33.8 Å². The summed E-state index contributed by atoms with van der Waals surface area (Å²) in [7, 11) is 0. The van der Waals surface area contributed by atoms with Crippen molar-refractivity contribution in [2.24, 2.45) is 5.92 Å². The number of hydrogen-bond acceptors (Lipinski definition) is 4. The predicted octanol–water partition coefficient (Wildman–Crippen LogP) is 2.98.